The van der Waals surface area contributed by atoms with Crippen molar-refractivity contribution < 1.29 is 27.1 Å². The van der Waals surface area contributed by atoms with Gasteiger partial charge < -0.3 is 13.9 Å². The van der Waals surface area contributed by atoms with Crippen LogP contribution >= 0.6 is 0 Å². The van der Waals surface area contributed by atoms with Gasteiger partial charge in [0, 0.05) is 6.07 Å². The smallest absolute Gasteiger partial charge is 0.453 e. The summed E-state index contributed by atoms with van der Waals surface area (Å²) < 4.78 is 57.9. The van der Waals surface area contributed by atoms with Gasteiger partial charge in [-0.05, 0) is 53.3 Å². The lowest BCUT2D eigenvalue weighted by Crippen LogP contribution is -2.15. The van der Waals surface area contributed by atoms with Crippen molar-refractivity contribution in [3.8, 4) is 17.2 Å². The number of hydrogen-bond acceptors (Lipinski definition) is 4. The zero-order valence-corrected chi connectivity index (χ0v) is 19.8. The van der Waals surface area contributed by atoms with Crippen LogP contribution in [-0.4, -0.2) is 0 Å². The molecule has 0 radical (unpaired) electrons. The highest BCUT2D eigenvalue weighted by Crippen LogP contribution is 2.39. The van der Waals surface area contributed by atoms with E-state index in [0.717, 1.165) is 16.7 Å². The maximum absolute atomic E-state index is 13.8. The Labute approximate surface area is 200 Å². The van der Waals surface area contributed by atoms with E-state index in [1.54, 1.807) is 12.1 Å². The highest BCUT2D eigenvalue weighted by Gasteiger charge is 2.40. The summed E-state index contributed by atoms with van der Waals surface area (Å²) >= 11 is 0. The van der Waals surface area contributed by atoms with Gasteiger partial charge in [-0.2, -0.15) is 13.2 Å². The average molecular weight is 482 g/mol. The molecule has 0 saturated heterocycles. The predicted molar refractivity (Wildman–Crippen MR) is 128 cm³/mol. The molecule has 0 spiro atoms. The zero-order valence-electron chi connectivity index (χ0n) is 19.8. The zero-order chi connectivity index (χ0) is 25.4. The van der Waals surface area contributed by atoms with Crippen LogP contribution < -0.4 is 14.9 Å². The van der Waals surface area contributed by atoms with Crippen molar-refractivity contribution in [1.29, 1.82) is 0 Å². The summed E-state index contributed by atoms with van der Waals surface area (Å²) in [6, 6.07) is 18.4. The molecule has 0 aliphatic rings. The van der Waals surface area contributed by atoms with Gasteiger partial charge in [0.05, 0.1) is 5.39 Å². The largest absolute Gasteiger partial charge is 0.489 e. The van der Waals surface area contributed by atoms with Gasteiger partial charge in [-0.1, -0.05) is 57.2 Å². The van der Waals surface area contributed by atoms with E-state index in [1.165, 1.54) is 30.3 Å². The van der Waals surface area contributed by atoms with Gasteiger partial charge in [0.15, 0.2) is 0 Å². The molecule has 0 aliphatic carbocycles. The van der Waals surface area contributed by atoms with Crippen LogP contribution in [0.15, 0.2) is 75.9 Å². The van der Waals surface area contributed by atoms with Crippen molar-refractivity contribution in [2.45, 2.75) is 45.9 Å². The molecule has 0 unspecified atom stereocenters. The predicted octanol–water partition coefficient (Wildman–Crippen LogP) is 7.79. The van der Waals surface area contributed by atoms with Crippen molar-refractivity contribution >= 4 is 11.0 Å². The van der Waals surface area contributed by atoms with Gasteiger partial charge in [-0.15, -0.1) is 0 Å². The number of rotatable bonds is 5. The number of ether oxygens (including phenoxy) is 2. The monoisotopic (exact) mass is 482 g/mol. The van der Waals surface area contributed by atoms with Gasteiger partial charge in [-0.3, -0.25) is 4.79 Å². The van der Waals surface area contributed by atoms with E-state index in [4.69, 9.17) is 13.9 Å². The maximum atomic E-state index is 13.8. The third-order valence-electron chi connectivity index (χ3n) is 5.68. The topological polar surface area (TPSA) is 48.7 Å². The minimum Gasteiger partial charge on any atom is -0.489 e. The van der Waals surface area contributed by atoms with Crippen LogP contribution in [0.4, 0.5) is 13.2 Å². The van der Waals surface area contributed by atoms with Crippen LogP contribution in [0.3, 0.4) is 0 Å². The van der Waals surface area contributed by atoms with E-state index in [0.29, 0.717) is 0 Å². The second-order valence-corrected chi connectivity index (χ2v) is 9.34. The Morgan fingerprint density at radius 2 is 1.54 bits per heavy atom. The summed E-state index contributed by atoms with van der Waals surface area (Å²) in [4.78, 5) is 13.0. The number of fused-ring (bicyclic) bond motifs is 1. The van der Waals surface area contributed by atoms with Gasteiger partial charge in [0.2, 0.25) is 11.2 Å². The SMILES string of the molecule is Cc1ccccc1COc1ccc2c(=O)c(Oc3ccc(C(C)(C)C)cc3)c(C(F)(F)F)oc2c1. The lowest BCUT2D eigenvalue weighted by molar-refractivity contribution is -0.154. The third-order valence-corrected chi connectivity index (χ3v) is 5.68. The molecular weight excluding hydrogens is 457 g/mol. The molecule has 35 heavy (non-hydrogen) atoms. The first kappa shape index (κ1) is 24.4. The van der Waals surface area contributed by atoms with E-state index in [1.807, 2.05) is 52.0 Å². The van der Waals surface area contributed by atoms with Crippen LogP contribution in [0.25, 0.3) is 11.0 Å². The molecule has 0 N–H and O–H groups in total. The summed E-state index contributed by atoms with van der Waals surface area (Å²) in [6.07, 6.45) is -4.94. The van der Waals surface area contributed by atoms with E-state index in [-0.39, 0.29) is 34.5 Å². The van der Waals surface area contributed by atoms with Crippen molar-refractivity contribution in [2.75, 3.05) is 0 Å². The molecule has 0 fully saturated rings. The second-order valence-electron chi connectivity index (χ2n) is 9.34. The summed E-state index contributed by atoms with van der Waals surface area (Å²) in [5.41, 5.74) is 1.65. The van der Waals surface area contributed by atoms with Gasteiger partial charge in [-0.25, -0.2) is 0 Å². The van der Waals surface area contributed by atoms with Gasteiger partial charge in [0.25, 0.3) is 5.76 Å². The lowest BCUT2D eigenvalue weighted by Gasteiger charge is -2.19. The number of alkyl halides is 3. The van der Waals surface area contributed by atoms with E-state index < -0.39 is 23.1 Å². The van der Waals surface area contributed by atoms with Crippen LogP contribution in [0, 0.1) is 6.92 Å². The molecule has 0 aliphatic heterocycles. The average Bonchev–Trinajstić information content (AvgIpc) is 2.79. The van der Waals surface area contributed by atoms with Crippen molar-refractivity contribution in [3.63, 3.8) is 0 Å². The van der Waals surface area contributed by atoms with Crippen molar-refractivity contribution in [2.24, 2.45) is 0 Å². The minimum atomic E-state index is -4.94. The van der Waals surface area contributed by atoms with Crippen LogP contribution in [-0.2, 0) is 18.2 Å². The van der Waals surface area contributed by atoms with E-state index in [2.05, 4.69) is 0 Å². The Bertz CT molecular complexity index is 1410. The standard InChI is InChI=1S/C28H25F3O4/c1-17-7-5-6-8-18(17)16-33-21-13-14-22-23(15-21)35-26(28(29,30)31)25(24(22)32)34-20-11-9-19(10-12-20)27(2,3)4/h5-15H,16H2,1-4H3. The fourth-order valence-electron chi connectivity index (χ4n) is 3.60. The minimum absolute atomic E-state index is 0.0393. The fraction of sp³-hybridized carbons (Fsp3) is 0.250. The third kappa shape index (κ3) is 5.34. The highest BCUT2D eigenvalue weighted by atomic mass is 19.4. The Morgan fingerprint density at radius 1 is 0.886 bits per heavy atom. The normalized spacial score (nSPS) is 12.1. The summed E-state index contributed by atoms with van der Waals surface area (Å²) in [7, 11) is 0. The number of benzene rings is 3. The molecule has 0 saturated carbocycles. The number of hydrogen-bond donors (Lipinski definition) is 0. The Hall–Kier alpha value is -3.74. The van der Waals surface area contributed by atoms with Crippen molar-refractivity contribution in [3.05, 3.63) is 99.4 Å². The molecule has 1 aromatic heterocycles. The summed E-state index contributed by atoms with van der Waals surface area (Å²) in [5.74, 6) is -2.01. The summed E-state index contributed by atoms with van der Waals surface area (Å²) in [6.45, 7) is 8.21. The quantitative estimate of drug-likeness (QED) is 0.291. The first-order valence-electron chi connectivity index (χ1n) is 11.1. The molecule has 3 aromatic carbocycles. The second kappa shape index (κ2) is 9.13. The van der Waals surface area contributed by atoms with E-state index >= 15 is 0 Å². The highest BCUT2D eigenvalue weighted by molar-refractivity contribution is 5.79. The van der Waals surface area contributed by atoms with Crippen LogP contribution in [0.5, 0.6) is 17.2 Å². The molecule has 0 atom stereocenters. The molecule has 4 nitrogen and oxygen atoms in total. The van der Waals surface area contributed by atoms with Crippen LogP contribution in [0.1, 0.15) is 43.2 Å². The molecule has 182 valence electrons. The Morgan fingerprint density at radius 3 is 2.17 bits per heavy atom. The first-order chi connectivity index (χ1) is 16.4. The molecule has 0 amide bonds. The molecule has 4 rings (SSSR count). The Balaban J connectivity index is 1.70. The maximum Gasteiger partial charge on any atom is 0.453 e. The van der Waals surface area contributed by atoms with E-state index in [9.17, 15) is 18.0 Å². The molecule has 7 heteroatoms. The number of halogens is 3. The molecular formula is C28H25F3O4. The molecule has 0 bridgehead atoms. The van der Waals surface area contributed by atoms with Gasteiger partial charge in [0.1, 0.15) is 23.7 Å². The molecule has 4 aromatic rings. The fourth-order valence-corrected chi connectivity index (χ4v) is 3.60. The van der Waals surface area contributed by atoms with Crippen molar-refractivity contribution in [1.82, 2.24) is 0 Å². The first-order valence-corrected chi connectivity index (χ1v) is 11.1. The Kier molecular flexibility index (Phi) is 6.36. The number of aryl methyl sites for hydroxylation is 1. The lowest BCUT2D eigenvalue weighted by atomic mass is 9.87. The summed E-state index contributed by atoms with van der Waals surface area (Å²) in [5, 5.41) is -0.0393. The molecule has 1 heterocycles. The van der Waals surface area contributed by atoms with Crippen LogP contribution in [0.2, 0.25) is 0 Å². The van der Waals surface area contributed by atoms with Gasteiger partial charge >= 0.3 is 6.18 Å².